The van der Waals surface area contributed by atoms with Crippen LogP contribution >= 0.6 is 23.1 Å². The molecule has 0 bridgehead atoms. The van der Waals surface area contributed by atoms with E-state index in [0.29, 0.717) is 6.54 Å². The largest absolute Gasteiger partial charge is 0.357 e. The Morgan fingerprint density at radius 2 is 2.44 bits per heavy atom. The summed E-state index contributed by atoms with van der Waals surface area (Å²) < 4.78 is 0.837. The van der Waals surface area contributed by atoms with Gasteiger partial charge in [0.25, 0.3) is 0 Å². The lowest BCUT2D eigenvalue weighted by molar-refractivity contribution is -0.120. The fraction of sp³-hybridized carbons (Fsp3) is 0.545. The van der Waals surface area contributed by atoms with E-state index in [1.807, 2.05) is 0 Å². The van der Waals surface area contributed by atoms with Gasteiger partial charge >= 0.3 is 0 Å². The number of hydrogen-bond acceptors (Lipinski definition) is 6. The zero-order valence-corrected chi connectivity index (χ0v) is 11.6. The average Bonchev–Trinajstić information content (AvgIpc) is 2.72. The number of nitrogens with one attached hydrogen (secondary N) is 2. The lowest BCUT2D eigenvalue weighted by Gasteiger charge is -2.09. The summed E-state index contributed by atoms with van der Waals surface area (Å²) in [5.74, 6) is 0.119. The molecular formula is C11H16N4OS2. The highest BCUT2D eigenvalue weighted by atomic mass is 32.2. The van der Waals surface area contributed by atoms with E-state index >= 15 is 0 Å². The summed E-state index contributed by atoms with van der Waals surface area (Å²) in [5, 5.41) is 14.9. The van der Waals surface area contributed by atoms with Crippen molar-refractivity contribution in [3.05, 3.63) is 12.7 Å². The third kappa shape index (κ3) is 3.71. The third-order valence-electron chi connectivity index (χ3n) is 2.53. The minimum absolute atomic E-state index is 0.0345. The van der Waals surface area contributed by atoms with Crippen LogP contribution in [-0.2, 0) is 4.79 Å². The first-order valence-electron chi connectivity index (χ1n) is 5.92. The number of aromatic nitrogens is 2. The van der Waals surface area contributed by atoms with E-state index < -0.39 is 0 Å². The maximum Gasteiger partial charge on any atom is 0.233 e. The molecule has 1 amide bonds. The Labute approximate surface area is 114 Å². The molecule has 1 aliphatic heterocycles. The summed E-state index contributed by atoms with van der Waals surface area (Å²) in [6.45, 7) is 5.09. The van der Waals surface area contributed by atoms with Gasteiger partial charge in [0.15, 0.2) is 4.34 Å². The van der Waals surface area contributed by atoms with Crippen LogP contribution in [0.4, 0.5) is 5.13 Å². The van der Waals surface area contributed by atoms with Crippen molar-refractivity contribution < 1.29 is 4.79 Å². The molecule has 0 spiro atoms. The van der Waals surface area contributed by atoms with Crippen molar-refractivity contribution in [2.75, 3.05) is 18.4 Å². The molecule has 7 heteroatoms. The molecule has 0 aliphatic carbocycles. The first kappa shape index (κ1) is 13.4. The quantitative estimate of drug-likeness (QED) is 0.808. The Hall–Kier alpha value is -1.08. The second-order valence-corrected chi connectivity index (χ2v) is 6.36. The van der Waals surface area contributed by atoms with Gasteiger partial charge in [-0.2, -0.15) is 0 Å². The predicted octanol–water partition coefficient (Wildman–Crippen LogP) is 1.90. The van der Waals surface area contributed by atoms with E-state index in [1.54, 1.807) is 6.08 Å². The number of carbonyl (C=O) groups is 1. The van der Waals surface area contributed by atoms with Crippen LogP contribution in [0, 0.1) is 0 Å². The van der Waals surface area contributed by atoms with Crippen molar-refractivity contribution in [1.29, 1.82) is 0 Å². The second-order valence-electron chi connectivity index (χ2n) is 3.94. The molecular weight excluding hydrogens is 268 g/mol. The van der Waals surface area contributed by atoms with Crippen molar-refractivity contribution in [3.8, 4) is 0 Å². The molecule has 5 nitrogen and oxygen atoms in total. The number of nitrogens with zero attached hydrogens (tertiary/aromatic N) is 2. The van der Waals surface area contributed by atoms with Gasteiger partial charge in [0.1, 0.15) is 0 Å². The zero-order chi connectivity index (χ0) is 12.8. The van der Waals surface area contributed by atoms with Crippen molar-refractivity contribution in [1.82, 2.24) is 15.5 Å². The van der Waals surface area contributed by atoms with Gasteiger partial charge in [0.05, 0.1) is 5.25 Å². The summed E-state index contributed by atoms with van der Waals surface area (Å²) in [6, 6.07) is 0. The molecule has 0 unspecified atom stereocenters. The lowest BCUT2D eigenvalue weighted by atomic mass is 10.2. The molecule has 1 aromatic heterocycles. The van der Waals surface area contributed by atoms with Crippen LogP contribution in [0.5, 0.6) is 0 Å². The number of carbonyl (C=O) groups excluding carboxylic acids is 1. The predicted molar refractivity (Wildman–Crippen MR) is 75.1 cm³/mol. The number of hydrogen-bond donors (Lipinski definition) is 2. The fourth-order valence-corrected chi connectivity index (χ4v) is 3.70. The zero-order valence-electron chi connectivity index (χ0n) is 10.0. The Bertz CT molecular complexity index is 421. The van der Waals surface area contributed by atoms with Gasteiger partial charge in [-0.15, -0.1) is 16.8 Å². The molecule has 1 atom stereocenters. The van der Waals surface area contributed by atoms with Crippen LogP contribution in [0.25, 0.3) is 0 Å². The van der Waals surface area contributed by atoms with E-state index in [0.717, 1.165) is 35.3 Å². The van der Waals surface area contributed by atoms with E-state index in [-0.39, 0.29) is 11.2 Å². The van der Waals surface area contributed by atoms with E-state index in [2.05, 4.69) is 27.4 Å². The molecule has 2 heterocycles. The molecule has 18 heavy (non-hydrogen) atoms. The summed E-state index contributed by atoms with van der Waals surface area (Å²) in [5.41, 5.74) is 0. The Kier molecular flexibility index (Phi) is 5.00. The van der Waals surface area contributed by atoms with Crippen molar-refractivity contribution in [2.24, 2.45) is 0 Å². The SMILES string of the molecule is C=CCNc1nnc(S[C@@H]2CCCCNC2=O)s1. The molecule has 98 valence electrons. The first-order valence-corrected chi connectivity index (χ1v) is 7.62. The van der Waals surface area contributed by atoms with Gasteiger partial charge in [0, 0.05) is 13.1 Å². The number of thioether (sulfide) groups is 1. The number of anilines is 1. The van der Waals surface area contributed by atoms with E-state index in [1.165, 1.54) is 23.1 Å². The Balaban J connectivity index is 1.93. The van der Waals surface area contributed by atoms with Gasteiger partial charge in [-0.05, 0) is 12.8 Å². The standard InChI is InChI=1S/C11H16N4OS2/c1-2-6-13-10-14-15-11(18-10)17-8-5-3-4-7-12-9(8)16/h2,8H,1,3-7H2,(H,12,16)(H,13,14)/t8-/m1/s1. The van der Waals surface area contributed by atoms with Crippen LogP contribution < -0.4 is 10.6 Å². The Morgan fingerprint density at radius 3 is 3.28 bits per heavy atom. The highest BCUT2D eigenvalue weighted by molar-refractivity contribution is 8.02. The summed E-state index contributed by atoms with van der Waals surface area (Å²) in [7, 11) is 0. The number of rotatable bonds is 5. The van der Waals surface area contributed by atoms with Gasteiger partial charge in [0.2, 0.25) is 11.0 Å². The van der Waals surface area contributed by atoms with Gasteiger partial charge < -0.3 is 10.6 Å². The lowest BCUT2D eigenvalue weighted by Crippen LogP contribution is -2.30. The third-order valence-corrected chi connectivity index (χ3v) is 4.76. The van der Waals surface area contributed by atoms with Gasteiger partial charge in [-0.1, -0.05) is 35.6 Å². The highest BCUT2D eigenvalue weighted by Crippen LogP contribution is 2.31. The van der Waals surface area contributed by atoms with Gasteiger partial charge in [-0.3, -0.25) is 4.79 Å². The van der Waals surface area contributed by atoms with E-state index in [4.69, 9.17) is 0 Å². The minimum atomic E-state index is -0.0345. The minimum Gasteiger partial charge on any atom is -0.357 e. The smallest absolute Gasteiger partial charge is 0.233 e. The summed E-state index contributed by atoms with van der Waals surface area (Å²) in [4.78, 5) is 11.8. The average molecular weight is 284 g/mol. The van der Waals surface area contributed by atoms with Crippen LogP contribution in [0.3, 0.4) is 0 Å². The Morgan fingerprint density at radius 1 is 1.56 bits per heavy atom. The van der Waals surface area contributed by atoms with Crippen LogP contribution in [0.2, 0.25) is 0 Å². The summed E-state index contributed by atoms with van der Waals surface area (Å²) >= 11 is 2.98. The molecule has 1 saturated heterocycles. The molecule has 2 rings (SSSR count). The normalized spacial score (nSPS) is 20.0. The second kappa shape index (κ2) is 6.75. The first-order chi connectivity index (χ1) is 8.79. The monoisotopic (exact) mass is 284 g/mol. The molecule has 0 saturated carbocycles. The summed E-state index contributed by atoms with van der Waals surface area (Å²) in [6.07, 6.45) is 4.82. The van der Waals surface area contributed by atoms with Gasteiger partial charge in [-0.25, -0.2) is 0 Å². The maximum absolute atomic E-state index is 11.8. The molecule has 1 aliphatic rings. The molecule has 1 fully saturated rings. The molecule has 2 N–H and O–H groups in total. The molecule has 0 radical (unpaired) electrons. The van der Waals surface area contributed by atoms with Crippen molar-refractivity contribution in [3.63, 3.8) is 0 Å². The van der Waals surface area contributed by atoms with Crippen LogP contribution in [0.1, 0.15) is 19.3 Å². The van der Waals surface area contributed by atoms with Crippen LogP contribution in [0.15, 0.2) is 17.0 Å². The fourth-order valence-electron chi connectivity index (χ4n) is 1.63. The van der Waals surface area contributed by atoms with Crippen molar-refractivity contribution >= 4 is 34.1 Å². The maximum atomic E-state index is 11.8. The topological polar surface area (TPSA) is 66.9 Å². The number of amides is 1. The van der Waals surface area contributed by atoms with Crippen molar-refractivity contribution in [2.45, 2.75) is 28.9 Å². The molecule has 0 aromatic carbocycles. The highest BCUT2D eigenvalue weighted by Gasteiger charge is 2.23. The van der Waals surface area contributed by atoms with E-state index in [9.17, 15) is 4.79 Å². The van der Waals surface area contributed by atoms with Crippen LogP contribution in [-0.4, -0.2) is 34.4 Å². The molecule has 1 aromatic rings.